The molecule has 0 fully saturated rings. The highest BCUT2D eigenvalue weighted by molar-refractivity contribution is 5.87. The van der Waals surface area contributed by atoms with Crippen LogP contribution < -0.4 is 0 Å². The summed E-state index contributed by atoms with van der Waals surface area (Å²) in [6.07, 6.45) is 0. The van der Waals surface area contributed by atoms with Gasteiger partial charge in [0.05, 0.1) is 11.0 Å². The van der Waals surface area contributed by atoms with Crippen LogP contribution in [0, 0.1) is 15.9 Å². The zero-order valence-electron chi connectivity index (χ0n) is 11.4. The normalized spacial score (nSPS) is 10.9. The SMILES string of the molecule is CC(C)n1c(C(=O)O)ccc1-c1cc(F)cc([N+](=O)[O-])c1. The molecule has 1 N–H and O–H groups in total. The number of nitro benzene ring substituents is 1. The second-order valence-corrected chi connectivity index (χ2v) is 4.83. The Labute approximate surface area is 119 Å². The molecule has 0 radical (unpaired) electrons. The summed E-state index contributed by atoms with van der Waals surface area (Å²) in [5.41, 5.74) is 0.359. The topological polar surface area (TPSA) is 85.4 Å². The molecule has 6 nitrogen and oxygen atoms in total. The van der Waals surface area contributed by atoms with Crippen LogP contribution in [0.25, 0.3) is 11.3 Å². The molecule has 0 atom stereocenters. The molecule has 7 heteroatoms. The van der Waals surface area contributed by atoms with Gasteiger partial charge in [0.25, 0.3) is 5.69 Å². The van der Waals surface area contributed by atoms with Gasteiger partial charge in [0.15, 0.2) is 0 Å². The first-order valence-electron chi connectivity index (χ1n) is 6.21. The number of carboxylic acid groups (broad SMARTS) is 1. The van der Waals surface area contributed by atoms with Crippen LogP contribution in [0.1, 0.15) is 30.4 Å². The highest BCUT2D eigenvalue weighted by Crippen LogP contribution is 2.30. The van der Waals surface area contributed by atoms with Crippen LogP contribution in [0.15, 0.2) is 30.3 Å². The van der Waals surface area contributed by atoms with Gasteiger partial charge in [-0.3, -0.25) is 10.1 Å². The second kappa shape index (κ2) is 5.35. The van der Waals surface area contributed by atoms with Crippen molar-refractivity contribution in [1.29, 1.82) is 0 Å². The van der Waals surface area contributed by atoms with Crippen molar-refractivity contribution in [2.75, 3.05) is 0 Å². The second-order valence-electron chi connectivity index (χ2n) is 4.83. The predicted octanol–water partition coefficient (Wildman–Crippen LogP) is 3.48. The molecule has 0 aliphatic rings. The molecular formula is C14H13FN2O4. The van der Waals surface area contributed by atoms with Crippen LogP contribution >= 0.6 is 0 Å². The fourth-order valence-corrected chi connectivity index (χ4v) is 2.24. The first-order chi connectivity index (χ1) is 9.81. The van der Waals surface area contributed by atoms with E-state index in [1.807, 2.05) is 0 Å². The average Bonchev–Trinajstić information content (AvgIpc) is 2.82. The van der Waals surface area contributed by atoms with Gasteiger partial charge in [-0.2, -0.15) is 0 Å². The highest BCUT2D eigenvalue weighted by Gasteiger charge is 2.19. The van der Waals surface area contributed by atoms with E-state index in [1.165, 1.54) is 22.8 Å². The lowest BCUT2D eigenvalue weighted by molar-refractivity contribution is -0.385. The Morgan fingerprint density at radius 3 is 2.52 bits per heavy atom. The number of carboxylic acids is 1. The molecule has 1 heterocycles. The molecule has 0 saturated heterocycles. The Morgan fingerprint density at radius 2 is 2.00 bits per heavy atom. The summed E-state index contributed by atoms with van der Waals surface area (Å²) in [4.78, 5) is 21.3. The minimum atomic E-state index is -1.11. The van der Waals surface area contributed by atoms with Gasteiger partial charge >= 0.3 is 5.97 Å². The van der Waals surface area contributed by atoms with E-state index in [2.05, 4.69) is 0 Å². The molecular weight excluding hydrogens is 279 g/mol. The van der Waals surface area contributed by atoms with E-state index in [0.717, 1.165) is 12.1 Å². The average molecular weight is 292 g/mol. The summed E-state index contributed by atoms with van der Waals surface area (Å²) in [6.45, 7) is 3.56. The van der Waals surface area contributed by atoms with E-state index in [1.54, 1.807) is 13.8 Å². The number of nitro groups is 1. The van der Waals surface area contributed by atoms with Crippen molar-refractivity contribution in [2.45, 2.75) is 19.9 Å². The number of rotatable bonds is 4. The molecule has 21 heavy (non-hydrogen) atoms. The number of aromatic carboxylic acids is 1. The summed E-state index contributed by atoms with van der Waals surface area (Å²) in [7, 11) is 0. The Bertz CT molecular complexity index is 722. The monoisotopic (exact) mass is 292 g/mol. The summed E-state index contributed by atoms with van der Waals surface area (Å²) in [5, 5.41) is 20.0. The molecule has 0 unspecified atom stereocenters. The number of aromatic nitrogens is 1. The van der Waals surface area contributed by atoms with Crippen molar-refractivity contribution in [3.8, 4) is 11.3 Å². The zero-order valence-corrected chi connectivity index (χ0v) is 11.4. The fraction of sp³-hybridized carbons (Fsp3) is 0.214. The molecule has 0 aliphatic carbocycles. The number of non-ortho nitro benzene ring substituents is 1. The van der Waals surface area contributed by atoms with Gasteiger partial charge in [0.2, 0.25) is 0 Å². The third-order valence-electron chi connectivity index (χ3n) is 3.04. The maximum absolute atomic E-state index is 13.5. The van der Waals surface area contributed by atoms with Gasteiger partial charge in [-0.1, -0.05) is 0 Å². The van der Waals surface area contributed by atoms with Crippen LogP contribution in [0.2, 0.25) is 0 Å². The van der Waals surface area contributed by atoms with Gasteiger partial charge < -0.3 is 9.67 Å². The molecule has 2 aromatic rings. The highest BCUT2D eigenvalue weighted by atomic mass is 19.1. The van der Waals surface area contributed by atoms with Crippen molar-refractivity contribution in [2.24, 2.45) is 0 Å². The van der Waals surface area contributed by atoms with Gasteiger partial charge in [-0.15, -0.1) is 0 Å². The van der Waals surface area contributed by atoms with Gasteiger partial charge in [0.1, 0.15) is 11.5 Å². The minimum absolute atomic E-state index is 0.0481. The van der Waals surface area contributed by atoms with Crippen LogP contribution in [0.3, 0.4) is 0 Å². The molecule has 2 rings (SSSR count). The quantitative estimate of drug-likeness (QED) is 0.690. The zero-order chi connectivity index (χ0) is 15.7. The number of nitrogens with zero attached hydrogens (tertiary/aromatic N) is 2. The third-order valence-corrected chi connectivity index (χ3v) is 3.04. The molecule has 110 valence electrons. The van der Waals surface area contributed by atoms with Gasteiger partial charge in [-0.25, -0.2) is 9.18 Å². The van der Waals surface area contributed by atoms with Crippen molar-refractivity contribution < 1.29 is 19.2 Å². The van der Waals surface area contributed by atoms with E-state index in [4.69, 9.17) is 5.11 Å². The van der Waals surface area contributed by atoms with E-state index in [0.29, 0.717) is 5.69 Å². The lowest BCUT2D eigenvalue weighted by Gasteiger charge is -2.15. The fourth-order valence-electron chi connectivity index (χ4n) is 2.24. The van der Waals surface area contributed by atoms with Gasteiger partial charge in [0, 0.05) is 23.4 Å². The Kier molecular flexibility index (Phi) is 3.75. The minimum Gasteiger partial charge on any atom is -0.477 e. The van der Waals surface area contributed by atoms with Crippen molar-refractivity contribution in [3.05, 3.63) is 52.0 Å². The Hall–Kier alpha value is -2.70. The van der Waals surface area contributed by atoms with Crippen LogP contribution in [0.5, 0.6) is 0 Å². The lowest BCUT2D eigenvalue weighted by Crippen LogP contribution is -2.11. The first kappa shape index (κ1) is 14.7. The van der Waals surface area contributed by atoms with Crippen molar-refractivity contribution >= 4 is 11.7 Å². The molecule has 0 bridgehead atoms. The standard InChI is InChI=1S/C14H13FN2O4/c1-8(2)16-12(3-4-13(16)14(18)19)9-5-10(15)7-11(6-9)17(20)21/h3-8H,1-2H3,(H,18,19). The predicted molar refractivity (Wildman–Crippen MR) is 73.8 cm³/mol. The van der Waals surface area contributed by atoms with Crippen molar-refractivity contribution in [1.82, 2.24) is 4.57 Å². The maximum Gasteiger partial charge on any atom is 0.352 e. The molecule has 1 aromatic carbocycles. The summed E-state index contributed by atoms with van der Waals surface area (Å²) in [5.74, 6) is -1.85. The van der Waals surface area contributed by atoms with E-state index in [-0.39, 0.29) is 23.0 Å². The van der Waals surface area contributed by atoms with Crippen molar-refractivity contribution in [3.63, 3.8) is 0 Å². The number of hydrogen-bond acceptors (Lipinski definition) is 3. The number of carbonyl (C=O) groups is 1. The molecule has 0 saturated carbocycles. The first-order valence-corrected chi connectivity index (χ1v) is 6.21. The summed E-state index contributed by atoms with van der Waals surface area (Å²) in [6, 6.07) is 5.92. The Balaban J connectivity index is 2.67. The number of halogens is 1. The number of hydrogen-bond donors (Lipinski definition) is 1. The summed E-state index contributed by atoms with van der Waals surface area (Å²) >= 11 is 0. The maximum atomic E-state index is 13.5. The van der Waals surface area contributed by atoms with Crippen LogP contribution in [-0.2, 0) is 0 Å². The van der Waals surface area contributed by atoms with Crippen LogP contribution in [-0.4, -0.2) is 20.6 Å². The smallest absolute Gasteiger partial charge is 0.352 e. The molecule has 0 aliphatic heterocycles. The van der Waals surface area contributed by atoms with E-state index >= 15 is 0 Å². The molecule has 1 aromatic heterocycles. The summed E-state index contributed by atoms with van der Waals surface area (Å²) < 4.78 is 15.0. The number of benzene rings is 1. The third kappa shape index (κ3) is 2.76. The van der Waals surface area contributed by atoms with Crippen LogP contribution in [0.4, 0.5) is 10.1 Å². The van der Waals surface area contributed by atoms with E-state index in [9.17, 15) is 19.3 Å². The molecule has 0 amide bonds. The van der Waals surface area contributed by atoms with E-state index < -0.39 is 16.7 Å². The van der Waals surface area contributed by atoms with Gasteiger partial charge in [-0.05, 0) is 32.0 Å². The molecule has 0 spiro atoms. The largest absolute Gasteiger partial charge is 0.477 e. The lowest BCUT2D eigenvalue weighted by atomic mass is 10.1. The Morgan fingerprint density at radius 1 is 1.33 bits per heavy atom.